The van der Waals surface area contributed by atoms with Crippen LogP contribution in [0.1, 0.15) is 72.6 Å². The molecule has 19 heavy (non-hydrogen) atoms. The van der Waals surface area contributed by atoms with Gasteiger partial charge in [-0.3, -0.25) is 0 Å². The zero-order chi connectivity index (χ0) is 14.7. The first kappa shape index (κ1) is 17.9. The van der Waals surface area contributed by atoms with E-state index in [9.17, 15) is 9.59 Å². The van der Waals surface area contributed by atoms with E-state index in [1.165, 1.54) is 0 Å². The molecule has 4 heteroatoms. The van der Waals surface area contributed by atoms with Gasteiger partial charge >= 0.3 is 11.9 Å². The molecule has 0 saturated carbocycles. The van der Waals surface area contributed by atoms with Crippen molar-refractivity contribution in [2.75, 3.05) is 0 Å². The standard InChI is InChI=1S/C15H28O4/c1-5-7-8-9-14(16)18-19-15(17)11-13(4)10-12(3)6-2/h12-13H,5-11H2,1-4H3. The quantitative estimate of drug-likeness (QED) is 0.361. The van der Waals surface area contributed by atoms with Gasteiger partial charge in [-0.2, -0.15) is 0 Å². The Hall–Kier alpha value is -1.06. The van der Waals surface area contributed by atoms with Gasteiger partial charge in [0.15, 0.2) is 0 Å². The van der Waals surface area contributed by atoms with Gasteiger partial charge in [0.05, 0.1) is 12.8 Å². The molecule has 2 atom stereocenters. The Balaban J connectivity index is 3.71. The second-order valence-corrected chi connectivity index (χ2v) is 5.43. The fourth-order valence-corrected chi connectivity index (χ4v) is 1.91. The normalized spacial score (nSPS) is 13.7. The molecule has 0 aromatic carbocycles. The molecule has 0 radical (unpaired) electrons. The minimum atomic E-state index is -0.462. The van der Waals surface area contributed by atoms with E-state index < -0.39 is 11.9 Å². The third-order valence-corrected chi connectivity index (χ3v) is 3.23. The average molecular weight is 272 g/mol. The molecule has 0 heterocycles. The minimum Gasteiger partial charge on any atom is -0.247 e. The van der Waals surface area contributed by atoms with Gasteiger partial charge in [0.25, 0.3) is 0 Å². The number of unbranched alkanes of at least 4 members (excludes halogenated alkanes) is 2. The lowest BCUT2D eigenvalue weighted by Crippen LogP contribution is -2.15. The third kappa shape index (κ3) is 10.5. The Bertz CT molecular complexity index is 263. The fourth-order valence-electron chi connectivity index (χ4n) is 1.91. The van der Waals surface area contributed by atoms with Gasteiger partial charge in [0.2, 0.25) is 0 Å². The first-order valence-electron chi connectivity index (χ1n) is 7.39. The largest absolute Gasteiger partial charge is 0.355 e. The molecular formula is C15H28O4. The highest BCUT2D eigenvalue weighted by Gasteiger charge is 2.15. The smallest absolute Gasteiger partial charge is 0.247 e. The van der Waals surface area contributed by atoms with Crippen LogP contribution in [-0.4, -0.2) is 11.9 Å². The van der Waals surface area contributed by atoms with E-state index >= 15 is 0 Å². The van der Waals surface area contributed by atoms with Gasteiger partial charge in [-0.25, -0.2) is 19.4 Å². The molecule has 0 N–H and O–H groups in total. The molecule has 0 saturated heterocycles. The monoisotopic (exact) mass is 272 g/mol. The van der Waals surface area contributed by atoms with Crippen molar-refractivity contribution in [1.82, 2.24) is 0 Å². The van der Waals surface area contributed by atoms with Crippen LogP contribution in [0.5, 0.6) is 0 Å². The first-order valence-corrected chi connectivity index (χ1v) is 7.39. The molecule has 0 aliphatic heterocycles. The Morgan fingerprint density at radius 3 is 2.16 bits per heavy atom. The summed E-state index contributed by atoms with van der Waals surface area (Å²) in [6, 6.07) is 0. The lowest BCUT2D eigenvalue weighted by molar-refractivity contribution is -0.259. The molecule has 0 aromatic rings. The molecule has 0 bridgehead atoms. The predicted octanol–water partition coefficient (Wildman–Crippen LogP) is 4.03. The van der Waals surface area contributed by atoms with E-state index in [0.717, 1.165) is 32.1 Å². The summed E-state index contributed by atoms with van der Waals surface area (Å²) in [6.07, 6.45) is 5.49. The lowest BCUT2D eigenvalue weighted by Gasteiger charge is -2.14. The number of hydrogen-bond donors (Lipinski definition) is 0. The molecular weight excluding hydrogens is 244 g/mol. The maximum atomic E-state index is 11.5. The predicted molar refractivity (Wildman–Crippen MR) is 74.2 cm³/mol. The van der Waals surface area contributed by atoms with Crippen molar-refractivity contribution >= 4 is 11.9 Å². The summed E-state index contributed by atoms with van der Waals surface area (Å²) in [5, 5.41) is 0. The summed E-state index contributed by atoms with van der Waals surface area (Å²) in [4.78, 5) is 31.7. The van der Waals surface area contributed by atoms with Crippen LogP contribution in [0.25, 0.3) is 0 Å². The van der Waals surface area contributed by atoms with Gasteiger partial charge in [-0.05, 0) is 24.7 Å². The van der Waals surface area contributed by atoms with Crippen LogP contribution >= 0.6 is 0 Å². The van der Waals surface area contributed by atoms with E-state index in [1.54, 1.807) is 0 Å². The highest BCUT2D eigenvalue weighted by atomic mass is 17.2. The highest BCUT2D eigenvalue weighted by molar-refractivity contribution is 5.72. The summed E-state index contributed by atoms with van der Waals surface area (Å²) in [5.41, 5.74) is 0. The van der Waals surface area contributed by atoms with Gasteiger partial charge in [-0.1, -0.05) is 47.0 Å². The maximum absolute atomic E-state index is 11.5. The van der Waals surface area contributed by atoms with Gasteiger partial charge in [-0.15, -0.1) is 0 Å². The SMILES string of the molecule is CCCCCC(=O)OOC(=O)CC(C)CC(C)CC. The summed E-state index contributed by atoms with van der Waals surface area (Å²) in [5.74, 6) is -0.0725. The van der Waals surface area contributed by atoms with E-state index in [0.29, 0.717) is 18.8 Å². The van der Waals surface area contributed by atoms with Crippen molar-refractivity contribution in [3.63, 3.8) is 0 Å². The Morgan fingerprint density at radius 2 is 1.58 bits per heavy atom. The molecule has 0 aliphatic carbocycles. The van der Waals surface area contributed by atoms with E-state index in [4.69, 9.17) is 0 Å². The van der Waals surface area contributed by atoms with Crippen LogP contribution in [0.2, 0.25) is 0 Å². The number of carbonyl (C=O) groups is 2. The Kier molecular flexibility index (Phi) is 10.2. The molecule has 0 aliphatic rings. The van der Waals surface area contributed by atoms with Crippen LogP contribution in [-0.2, 0) is 19.4 Å². The van der Waals surface area contributed by atoms with Crippen molar-refractivity contribution in [3.05, 3.63) is 0 Å². The van der Waals surface area contributed by atoms with E-state index in [-0.39, 0.29) is 5.92 Å². The molecule has 0 spiro atoms. The molecule has 0 amide bonds. The zero-order valence-corrected chi connectivity index (χ0v) is 12.7. The van der Waals surface area contributed by atoms with E-state index in [1.807, 2.05) is 6.92 Å². The summed E-state index contributed by atoms with van der Waals surface area (Å²) in [7, 11) is 0. The highest BCUT2D eigenvalue weighted by Crippen LogP contribution is 2.18. The summed E-state index contributed by atoms with van der Waals surface area (Å²) in [6.45, 7) is 8.36. The number of rotatable bonds is 9. The Labute approximate surface area is 116 Å². The summed E-state index contributed by atoms with van der Waals surface area (Å²) < 4.78 is 0. The first-order chi connectivity index (χ1) is 8.99. The topological polar surface area (TPSA) is 52.6 Å². The maximum Gasteiger partial charge on any atom is 0.355 e. The fraction of sp³-hybridized carbons (Fsp3) is 0.867. The Morgan fingerprint density at radius 1 is 0.947 bits per heavy atom. The number of hydrogen-bond acceptors (Lipinski definition) is 4. The number of carbonyl (C=O) groups excluding carboxylic acids is 2. The zero-order valence-electron chi connectivity index (χ0n) is 12.7. The minimum absolute atomic E-state index is 0.251. The van der Waals surface area contributed by atoms with Crippen molar-refractivity contribution in [3.8, 4) is 0 Å². The molecule has 4 nitrogen and oxygen atoms in total. The van der Waals surface area contributed by atoms with Crippen LogP contribution in [0, 0.1) is 11.8 Å². The van der Waals surface area contributed by atoms with Crippen LogP contribution < -0.4 is 0 Å². The van der Waals surface area contributed by atoms with Crippen molar-refractivity contribution in [1.29, 1.82) is 0 Å². The molecule has 112 valence electrons. The van der Waals surface area contributed by atoms with Gasteiger partial charge in [0.1, 0.15) is 0 Å². The van der Waals surface area contributed by atoms with Gasteiger partial charge < -0.3 is 0 Å². The molecule has 0 rings (SSSR count). The van der Waals surface area contributed by atoms with E-state index in [2.05, 4.69) is 30.5 Å². The molecule has 0 fully saturated rings. The average Bonchev–Trinajstić information content (AvgIpc) is 2.36. The van der Waals surface area contributed by atoms with Crippen molar-refractivity contribution in [2.45, 2.75) is 72.6 Å². The second kappa shape index (κ2) is 10.8. The lowest BCUT2D eigenvalue weighted by atomic mass is 9.93. The van der Waals surface area contributed by atoms with Crippen molar-refractivity contribution < 1.29 is 19.4 Å². The van der Waals surface area contributed by atoms with Gasteiger partial charge in [0, 0.05) is 0 Å². The van der Waals surface area contributed by atoms with Crippen LogP contribution in [0.3, 0.4) is 0 Å². The molecule has 2 unspecified atom stereocenters. The van der Waals surface area contributed by atoms with Crippen LogP contribution in [0.4, 0.5) is 0 Å². The van der Waals surface area contributed by atoms with Crippen molar-refractivity contribution in [2.24, 2.45) is 11.8 Å². The molecule has 0 aromatic heterocycles. The second-order valence-electron chi connectivity index (χ2n) is 5.43. The third-order valence-electron chi connectivity index (χ3n) is 3.23. The van der Waals surface area contributed by atoms with Crippen LogP contribution in [0.15, 0.2) is 0 Å². The summed E-state index contributed by atoms with van der Waals surface area (Å²) >= 11 is 0.